The van der Waals surface area contributed by atoms with Crippen LogP contribution in [0, 0.1) is 0 Å². The van der Waals surface area contributed by atoms with Crippen LogP contribution in [0.2, 0.25) is 0 Å². The van der Waals surface area contributed by atoms with Gasteiger partial charge in [0.25, 0.3) is 0 Å². The van der Waals surface area contributed by atoms with Crippen molar-refractivity contribution in [1.82, 2.24) is 5.43 Å². The number of anilines is 1. The summed E-state index contributed by atoms with van der Waals surface area (Å²) < 4.78 is 0. The Kier molecular flexibility index (Phi) is 1.56. The van der Waals surface area contributed by atoms with Gasteiger partial charge in [0.15, 0.2) is 0 Å². The highest BCUT2D eigenvalue weighted by Crippen LogP contribution is 2.26. The molecule has 0 atom stereocenters. The van der Waals surface area contributed by atoms with Crippen LogP contribution in [0.3, 0.4) is 0 Å². The van der Waals surface area contributed by atoms with E-state index in [1.807, 2.05) is 0 Å². The highest BCUT2D eigenvalue weighted by Gasteiger charge is 2.20. The van der Waals surface area contributed by atoms with Crippen LogP contribution in [-0.4, -0.2) is 12.5 Å². The Morgan fingerprint density at radius 1 is 1.29 bits per heavy atom. The predicted molar refractivity (Wildman–Crippen MR) is 58.0 cm³/mol. The van der Waals surface area contributed by atoms with Crippen LogP contribution in [0.1, 0.15) is 12.0 Å². The van der Waals surface area contributed by atoms with Gasteiger partial charge in [-0.15, -0.1) is 0 Å². The van der Waals surface area contributed by atoms with Crippen LogP contribution < -0.4 is 10.3 Å². The fraction of sp³-hybridized carbons (Fsp3) is 0.182. The minimum Gasteiger partial charge on any atom is -0.308 e. The van der Waals surface area contributed by atoms with Gasteiger partial charge in [-0.25, -0.2) is 0 Å². The van der Waals surface area contributed by atoms with Crippen LogP contribution in [0.25, 0.3) is 6.08 Å². The van der Waals surface area contributed by atoms with Crippen LogP contribution in [0.4, 0.5) is 5.69 Å². The summed E-state index contributed by atoms with van der Waals surface area (Å²) in [6, 6.07) is 8.39. The van der Waals surface area contributed by atoms with Gasteiger partial charge in [-0.1, -0.05) is 30.4 Å². The van der Waals surface area contributed by atoms with Crippen molar-refractivity contribution in [2.45, 2.75) is 6.42 Å². The molecule has 3 nitrogen and oxygen atoms in total. The van der Waals surface area contributed by atoms with Crippen LogP contribution >= 0.6 is 0 Å². The second kappa shape index (κ2) is 2.87. The maximum absolute atomic E-state index is 4.26. The van der Waals surface area contributed by atoms with Gasteiger partial charge in [-0.3, -0.25) is 5.43 Å². The fourth-order valence-electron chi connectivity index (χ4n) is 1.89. The fourth-order valence-corrected chi connectivity index (χ4v) is 1.89. The lowest BCUT2D eigenvalue weighted by molar-refractivity contribution is 0.807. The first-order valence-electron chi connectivity index (χ1n) is 4.78. The van der Waals surface area contributed by atoms with E-state index < -0.39 is 0 Å². The lowest BCUT2D eigenvalue weighted by atomic mass is 10.1. The van der Waals surface area contributed by atoms with Crippen molar-refractivity contribution in [1.29, 1.82) is 0 Å². The van der Waals surface area contributed by atoms with Crippen LogP contribution in [0.5, 0.6) is 0 Å². The van der Waals surface area contributed by atoms with E-state index in [2.05, 4.69) is 51.8 Å². The molecule has 1 aromatic carbocycles. The number of para-hydroxylation sites is 1. The second-order valence-corrected chi connectivity index (χ2v) is 3.44. The number of nitrogens with one attached hydrogen (secondary N) is 1. The van der Waals surface area contributed by atoms with E-state index in [0.717, 1.165) is 18.9 Å². The van der Waals surface area contributed by atoms with E-state index in [9.17, 15) is 0 Å². The summed E-state index contributed by atoms with van der Waals surface area (Å²) in [6.07, 6.45) is 5.22. The van der Waals surface area contributed by atoms with Crippen LogP contribution in [0.15, 0.2) is 35.4 Å². The largest absolute Gasteiger partial charge is 0.308 e. The maximum atomic E-state index is 4.26. The molecule has 0 amide bonds. The standard InChI is InChI=1S/C11H11N3/c1-2-6-10-9(4-1)5-3-7-11-13-12-8-14(10)11/h1-6,12H,7-8H2. The highest BCUT2D eigenvalue weighted by molar-refractivity contribution is 6.02. The molecular formula is C11H11N3. The van der Waals surface area contributed by atoms with Gasteiger partial charge in [0.05, 0.1) is 5.69 Å². The number of hydrazone groups is 1. The first-order chi connectivity index (χ1) is 6.95. The molecule has 0 spiro atoms. The van der Waals surface area contributed by atoms with E-state index in [1.165, 1.54) is 11.3 Å². The molecular weight excluding hydrogens is 174 g/mol. The number of hydrogen-bond acceptors (Lipinski definition) is 3. The van der Waals surface area contributed by atoms with Gasteiger partial charge in [-0.2, -0.15) is 5.10 Å². The molecule has 2 heterocycles. The summed E-state index contributed by atoms with van der Waals surface area (Å²) in [5.74, 6) is 1.10. The van der Waals surface area contributed by atoms with Gasteiger partial charge < -0.3 is 4.90 Å². The lowest BCUT2D eigenvalue weighted by Gasteiger charge is -2.18. The Morgan fingerprint density at radius 2 is 2.21 bits per heavy atom. The molecule has 1 N–H and O–H groups in total. The van der Waals surface area contributed by atoms with Crippen molar-refractivity contribution < 1.29 is 0 Å². The first kappa shape index (κ1) is 7.62. The van der Waals surface area contributed by atoms with E-state index in [-0.39, 0.29) is 0 Å². The molecule has 0 saturated heterocycles. The molecule has 0 bridgehead atoms. The normalized spacial score (nSPS) is 18.0. The Bertz CT molecular complexity index is 420. The van der Waals surface area contributed by atoms with Crippen molar-refractivity contribution in [3.63, 3.8) is 0 Å². The number of fused-ring (bicyclic) bond motifs is 3. The monoisotopic (exact) mass is 185 g/mol. The summed E-state index contributed by atoms with van der Waals surface area (Å²) in [7, 11) is 0. The summed E-state index contributed by atoms with van der Waals surface area (Å²) in [6.45, 7) is 0.786. The minimum absolute atomic E-state index is 0.786. The van der Waals surface area contributed by atoms with Gasteiger partial charge in [0.1, 0.15) is 12.5 Å². The van der Waals surface area contributed by atoms with Crippen LogP contribution in [-0.2, 0) is 0 Å². The number of nitrogens with zero attached hydrogens (tertiary/aromatic N) is 2. The SMILES string of the molecule is C1=Cc2ccccc2N2CNN=C2C1. The Labute approximate surface area is 82.7 Å². The predicted octanol–water partition coefficient (Wildman–Crippen LogP) is 1.78. The quantitative estimate of drug-likeness (QED) is 0.667. The summed E-state index contributed by atoms with van der Waals surface area (Å²) in [4.78, 5) is 2.22. The molecule has 2 aliphatic heterocycles. The molecule has 0 aliphatic carbocycles. The minimum atomic E-state index is 0.786. The Balaban J connectivity index is 2.16. The first-order valence-corrected chi connectivity index (χ1v) is 4.78. The number of amidine groups is 1. The lowest BCUT2D eigenvalue weighted by Crippen LogP contribution is -2.28. The van der Waals surface area contributed by atoms with E-state index >= 15 is 0 Å². The number of benzene rings is 1. The summed E-state index contributed by atoms with van der Waals surface area (Å²) >= 11 is 0. The molecule has 70 valence electrons. The zero-order chi connectivity index (χ0) is 9.38. The maximum Gasteiger partial charge on any atom is 0.134 e. The third-order valence-electron chi connectivity index (χ3n) is 2.57. The second-order valence-electron chi connectivity index (χ2n) is 3.44. The molecule has 3 rings (SSSR count). The third kappa shape index (κ3) is 1.02. The molecule has 14 heavy (non-hydrogen) atoms. The summed E-state index contributed by atoms with van der Waals surface area (Å²) in [5.41, 5.74) is 5.52. The van der Waals surface area contributed by atoms with Crippen molar-refractivity contribution >= 4 is 17.6 Å². The molecule has 3 heteroatoms. The molecule has 2 aliphatic rings. The number of hydrogen-bond donors (Lipinski definition) is 1. The molecule has 0 unspecified atom stereocenters. The molecule has 0 fully saturated rings. The summed E-state index contributed by atoms with van der Waals surface area (Å²) in [5, 5.41) is 4.26. The van der Waals surface area contributed by atoms with Crippen molar-refractivity contribution in [3.05, 3.63) is 35.9 Å². The van der Waals surface area contributed by atoms with Gasteiger partial charge in [-0.05, 0) is 11.6 Å². The topological polar surface area (TPSA) is 27.6 Å². The average Bonchev–Trinajstić information content (AvgIpc) is 2.61. The van der Waals surface area contributed by atoms with E-state index in [4.69, 9.17) is 0 Å². The zero-order valence-corrected chi connectivity index (χ0v) is 7.77. The van der Waals surface area contributed by atoms with Crippen molar-refractivity contribution in [3.8, 4) is 0 Å². The molecule has 1 aromatic rings. The highest BCUT2D eigenvalue weighted by atomic mass is 15.5. The van der Waals surface area contributed by atoms with E-state index in [1.54, 1.807) is 0 Å². The van der Waals surface area contributed by atoms with Gasteiger partial charge in [0, 0.05) is 6.42 Å². The van der Waals surface area contributed by atoms with Crippen molar-refractivity contribution in [2.24, 2.45) is 5.10 Å². The van der Waals surface area contributed by atoms with E-state index in [0.29, 0.717) is 0 Å². The third-order valence-corrected chi connectivity index (χ3v) is 2.57. The molecule has 0 radical (unpaired) electrons. The molecule has 0 aromatic heterocycles. The smallest absolute Gasteiger partial charge is 0.134 e. The average molecular weight is 185 g/mol. The van der Waals surface area contributed by atoms with Gasteiger partial charge in [0.2, 0.25) is 0 Å². The molecule has 0 saturated carbocycles. The Morgan fingerprint density at radius 3 is 3.21 bits per heavy atom. The zero-order valence-electron chi connectivity index (χ0n) is 7.77. The Hall–Kier alpha value is -1.77. The number of rotatable bonds is 0. The van der Waals surface area contributed by atoms with Gasteiger partial charge >= 0.3 is 0 Å². The van der Waals surface area contributed by atoms with Crippen molar-refractivity contribution in [2.75, 3.05) is 11.6 Å².